The van der Waals surface area contributed by atoms with E-state index in [9.17, 15) is 14.7 Å². The molecule has 1 unspecified atom stereocenters. The van der Waals surface area contributed by atoms with Crippen LogP contribution in [0.5, 0.6) is 5.75 Å². The molecular weight excluding hydrogens is 388 g/mol. The number of aromatic nitrogens is 1. The number of aliphatic hydroxyl groups excluding tert-OH is 1. The SMILES string of the molecule is COc1ccccc1C1C(C(=O)c2cccs2)=C(O)C(=O)N1Cc1ccncc1. The first-order chi connectivity index (χ1) is 14.1. The molecule has 146 valence electrons. The molecule has 1 atom stereocenters. The number of hydrogen-bond donors (Lipinski definition) is 1. The summed E-state index contributed by atoms with van der Waals surface area (Å²) in [6.07, 6.45) is 3.28. The Morgan fingerprint density at radius 1 is 1.17 bits per heavy atom. The molecule has 1 aromatic carbocycles. The van der Waals surface area contributed by atoms with Crippen LogP contribution in [0.4, 0.5) is 0 Å². The molecular formula is C22H18N2O4S. The lowest BCUT2D eigenvalue weighted by atomic mass is 9.94. The van der Waals surface area contributed by atoms with Crippen molar-refractivity contribution in [2.24, 2.45) is 0 Å². The Morgan fingerprint density at radius 3 is 2.62 bits per heavy atom. The lowest BCUT2D eigenvalue weighted by molar-refractivity contribution is -0.130. The first kappa shape index (κ1) is 18.9. The van der Waals surface area contributed by atoms with Crippen molar-refractivity contribution in [1.82, 2.24) is 9.88 Å². The van der Waals surface area contributed by atoms with Crippen molar-refractivity contribution in [3.8, 4) is 5.75 Å². The van der Waals surface area contributed by atoms with E-state index in [1.54, 1.807) is 54.2 Å². The van der Waals surface area contributed by atoms with Gasteiger partial charge in [-0.3, -0.25) is 14.6 Å². The Bertz CT molecular complexity index is 1080. The predicted octanol–water partition coefficient (Wildman–Crippen LogP) is 3.93. The molecule has 29 heavy (non-hydrogen) atoms. The summed E-state index contributed by atoms with van der Waals surface area (Å²) in [5, 5.41) is 12.5. The van der Waals surface area contributed by atoms with Gasteiger partial charge >= 0.3 is 0 Å². The third-order valence-corrected chi connectivity index (χ3v) is 5.70. The number of Topliss-reactive ketones (excluding diaryl/α,β-unsaturated/α-hetero) is 1. The Morgan fingerprint density at radius 2 is 1.93 bits per heavy atom. The van der Waals surface area contributed by atoms with Gasteiger partial charge in [0, 0.05) is 24.5 Å². The van der Waals surface area contributed by atoms with Crippen molar-refractivity contribution < 1.29 is 19.4 Å². The highest BCUT2D eigenvalue weighted by Gasteiger charge is 2.44. The monoisotopic (exact) mass is 406 g/mol. The lowest BCUT2D eigenvalue weighted by Gasteiger charge is -2.28. The lowest BCUT2D eigenvalue weighted by Crippen LogP contribution is -2.31. The second-order valence-corrected chi connectivity index (χ2v) is 7.45. The number of carbonyl (C=O) groups is 2. The van der Waals surface area contributed by atoms with E-state index in [2.05, 4.69) is 4.98 Å². The normalized spacial score (nSPS) is 16.4. The van der Waals surface area contributed by atoms with Gasteiger partial charge in [-0.25, -0.2) is 0 Å². The van der Waals surface area contributed by atoms with E-state index in [0.29, 0.717) is 16.2 Å². The standard InChI is InChI=1S/C22H18N2O4S/c1-28-16-6-3-2-5-15(16)19-18(20(25)17-7-4-12-29-17)21(26)22(27)24(19)13-14-8-10-23-11-9-14/h2-12,19,26H,13H2,1H3. The maximum atomic E-state index is 13.2. The van der Waals surface area contributed by atoms with E-state index in [0.717, 1.165) is 5.56 Å². The minimum absolute atomic E-state index is 0.0657. The first-order valence-electron chi connectivity index (χ1n) is 8.96. The maximum Gasteiger partial charge on any atom is 0.290 e. The van der Waals surface area contributed by atoms with Crippen molar-refractivity contribution in [1.29, 1.82) is 0 Å². The summed E-state index contributed by atoms with van der Waals surface area (Å²) in [6, 6.07) is 13.5. The second-order valence-electron chi connectivity index (χ2n) is 6.50. The molecule has 1 N–H and O–H groups in total. The summed E-state index contributed by atoms with van der Waals surface area (Å²) in [6.45, 7) is 0.218. The second kappa shape index (κ2) is 7.89. The number of thiophene rings is 1. The molecule has 7 heteroatoms. The van der Waals surface area contributed by atoms with Crippen LogP contribution in [0.15, 0.2) is 77.6 Å². The number of para-hydroxylation sites is 1. The quantitative estimate of drug-likeness (QED) is 0.628. The summed E-state index contributed by atoms with van der Waals surface area (Å²) in [5.74, 6) is -0.929. The van der Waals surface area contributed by atoms with Crippen LogP contribution >= 0.6 is 11.3 Å². The minimum Gasteiger partial charge on any atom is -0.503 e. The number of benzene rings is 1. The zero-order valence-corrected chi connectivity index (χ0v) is 16.4. The number of hydrogen-bond acceptors (Lipinski definition) is 6. The number of nitrogens with zero attached hydrogens (tertiary/aromatic N) is 2. The van der Waals surface area contributed by atoms with Gasteiger partial charge in [-0.15, -0.1) is 11.3 Å². The van der Waals surface area contributed by atoms with Gasteiger partial charge in [0.15, 0.2) is 5.76 Å². The Hall–Kier alpha value is -3.45. The van der Waals surface area contributed by atoms with Gasteiger partial charge in [0.1, 0.15) is 5.75 Å². The van der Waals surface area contributed by atoms with Gasteiger partial charge in [-0.2, -0.15) is 0 Å². The third kappa shape index (κ3) is 3.40. The molecule has 0 saturated heterocycles. The number of ether oxygens (including phenoxy) is 1. The van der Waals surface area contributed by atoms with E-state index in [-0.39, 0.29) is 17.9 Å². The van der Waals surface area contributed by atoms with Gasteiger partial charge in [-0.1, -0.05) is 24.3 Å². The summed E-state index contributed by atoms with van der Waals surface area (Å²) < 4.78 is 5.48. The number of methoxy groups -OCH3 is 1. The molecule has 0 aliphatic carbocycles. The number of pyridine rings is 1. The van der Waals surface area contributed by atoms with Gasteiger partial charge < -0.3 is 14.7 Å². The zero-order chi connectivity index (χ0) is 20.4. The molecule has 1 amide bonds. The van der Waals surface area contributed by atoms with Crippen LogP contribution in [0.25, 0.3) is 0 Å². The number of carbonyl (C=O) groups excluding carboxylic acids is 2. The van der Waals surface area contributed by atoms with Gasteiger partial charge in [0.25, 0.3) is 5.91 Å². The van der Waals surface area contributed by atoms with Gasteiger partial charge in [-0.05, 0) is 35.2 Å². The summed E-state index contributed by atoms with van der Waals surface area (Å²) in [4.78, 5) is 32.2. The smallest absolute Gasteiger partial charge is 0.290 e. The van der Waals surface area contributed by atoms with E-state index in [1.165, 1.54) is 23.3 Å². The predicted molar refractivity (Wildman–Crippen MR) is 109 cm³/mol. The summed E-state index contributed by atoms with van der Waals surface area (Å²) in [7, 11) is 1.53. The van der Waals surface area contributed by atoms with E-state index >= 15 is 0 Å². The molecule has 0 spiro atoms. The van der Waals surface area contributed by atoms with Crippen LogP contribution in [0, 0.1) is 0 Å². The van der Waals surface area contributed by atoms with Crippen LogP contribution in [0.3, 0.4) is 0 Å². The number of ketones is 1. The molecule has 0 radical (unpaired) electrons. The van der Waals surface area contributed by atoms with Gasteiger partial charge in [0.05, 0.1) is 23.6 Å². The fourth-order valence-corrected chi connectivity index (χ4v) is 4.17. The van der Waals surface area contributed by atoms with Crippen molar-refractivity contribution in [2.45, 2.75) is 12.6 Å². The number of amides is 1. The Balaban J connectivity index is 1.84. The first-order valence-corrected chi connectivity index (χ1v) is 9.84. The molecule has 1 aliphatic heterocycles. The van der Waals surface area contributed by atoms with Crippen LogP contribution in [-0.2, 0) is 11.3 Å². The fourth-order valence-electron chi connectivity index (χ4n) is 3.49. The fraction of sp³-hybridized carbons (Fsp3) is 0.136. The number of rotatable bonds is 6. The van der Waals surface area contributed by atoms with Gasteiger partial charge in [0.2, 0.25) is 5.78 Å². The van der Waals surface area contributed by atoms with E-state index in [4.69, 9.17) is 4.74 Å². The number of aliphatic hydroxyl groups is 1. The van der Waals surface area contributed by atoms with Crippen molar-refractivity contribution in [3.05, 3.63) is 93.6 Å². The maximum absolute atomic E-state index is 13.2. The molecule has 0 saturated carbocycles. The van der Waals surface area contributed by atoms with Crippen LogP contribution in [0.1, 0.15) is 26.8 Å². The Kier molecular flexibility index (Phi) is 5.14. The summed E-state index contributed by atoms with van der Waals surface area (Å²) >= 11 is 1.27. The Labute approximate surface area is 171 Å². The van der Waals surface area contributed by atoms with Crippen molar-refractivity contribution >= 4 is 23.0 Å². The largest absolute Gasteiger partial charge is 0.503 e. The average Bonchev–Trinajstić information content (AvgIpc) is 3.37. The molecule has 2 aromatic heterocycles. The van der Waals surface area contributed by atoms with E-state index < -0.39 is 17.7 Å². The van der Waals surface area contributed by atoms with Crippen LogP contribution in [-0.4, -0.2) is 33.8 Å². The zero-order valence-electron chi connectivity index (χ0n) is 15.6. The third-order valence-electron chi connectivity index (χ3n) is 4.83. The summed E-state index contributed by atoms with van der Waals surface area (Å²) in [5.41, 5.74) is 1.54. The molecule has 4 rings (SSSR count). The highest BCUT2D eigenvalue weighted by Crippen LogP contribution is 2.43. The minimum atomic E-state index is -0.763. The highest BCUT2D eigenvalue weighted by atomic mass is 32.1. The topological polar surface area (TPSA) is 79.7 Å². The molecule has 3 aromatic rings. The molecule has 1 aliphatic rings. The average molecular weight is 406 g/mol. The van der Waals surface area contributed by atoms with Crippen molar-refractivity contribution in [3.63, 3.8) is 0 Å². The van der Waals surface area contributed by atoms with Crippen LogP contribution in [0.2, 0.25) is 0 Å². The molecule has 6 nitrogen and oxygen atoms in total. The molecule has 0 fully saturated rings. The molecule has 0 bridgehead atoms. The van der Waals surface area contributed by atoms with E-state index in [1.807, 2.05) is 12.1 Å². The van der Waals surface area contributed by atoms with Crippen LogP contribution < -0.4 is 4.74 Å². The molecule has 3 heterocycles. The van der Waals surface area contributed by atoms with Crippen molar-refractivity contribution in [2.75, 3.05) is 7.11 Å². The highest BCUT2D eigenvalue weighted by molar-refractivity contribution is 7.12.